The van der Waals surface area contributed by atoms with Crippen LogP contribution in [0.4, 0.5) is 0 Å². The summed E-state index contributed by atoms with van der Waals surface area (Å²) in [6.07, 6.45) is 20.9. The number of aliphatic hydroxyl groups is 2. The maximum atomic E-state index is 10.5. The second kappa shape index (κ2) is 23.1. The van der Waals surface area contributed by atoms with Gasteiger partial charge in [-0.3, -0.25) is 0 Å². The van der Waals surface area contributed by atoms with Gasteiger partial charge < -0.3 is 10.2 Å². The predicted molar refractivity (Wildman–Crippen MR) is 174 cm³/mol. The first-order chi connectivity index (χ1) is 17.9. The molecule has 4 heteroatoms. The van der Waals surface area contributed by atoms with Gasteiger partial charge in [-0.05, 0) is 12.8 Å². The van der Waals surface area contributed by atoms with Crippen molar-refractivity contribution in [2.45, 2.75) is 193 Å². The first-order valence-electron chi connectivity index (χ1n) is 17.1. The molecule has 0 fully saturated rings. The van der Waals surface area contributed by atoms with Crippen LogP contribution < -0.4 is 0 Å². The third kappa shape index (κ3) is 15.7. The molecule has 0 aromatic carbocycles. The minimum Gasteiger partial charge on any atom is -0.396 e. The summed E-state index contributed by atoms with van der Waals surface area (Å²) in [5.74, 6) is 0. The fourth-order valence-corrected chi connectivity index (χ4v) is 18.5. The van der Waals surface area contributed by atoms with Crippen molar-refractivity contribution in [3.05, 3.63) is 0 Å². The highest BCUT2D eigenvalue weighted by Crippen LogP contribution is 2.39. The SMILES string of the molecule is CCCC[Si](CCCC)(CCCC)CCCC(CO)(CO)CCC[Si](CCCC)(CCCC)CCCC. The first-order valence-corrected chi connectivity index (χ1v) is 22.8. The highest BCUT2D eigenvalue weighted by atomic mass is 28.3. The summed E-state index contributed by atoms with van der Waals surface area (Å²) < 4.78 is 0. The average Bonchev–Trinajstić information content (AvgIpc) is 2.93. The van der Waals surface area contributed by atoms with E-state index in [-0.39, 0.29) is 18.6 Å². The maximum absolute atomic E-state index is 10.5. The van der Waals surface area contributed by atoms with E-state index in [2.05, 4.69) is 41.5 Å². The molecule has 0 aromatic heterocycles. The molecular formula is C33H72O2Si2. The van der Waals surface area contributed by atoms with Crippen molar-refractivity contribution in [1.82, 2.24) is 0 Å². The van der Waals surface area contributed by atoms with Gasteiger partial charge in [0.15, 0.2) is 0 Å². The van der Waals surface area contributed by atoms with E-state index in [9.17, 15) is 10.2 Å². The molecule has 0 aromatic rings. The van der Waals surface area contributed by atoms with Crippen LogP contribution in [0.25, 0.3) is 0 Å². The van der Waals surface area contributed by atoms with Crippen molar-refractivity contribution >= 4 is 16.1 Å². The van der Waals surface area contributed by atoms with Crippen LogP contribution in [0, 0.1) is 5.41 Å². The Morgan fingerprint density at radius 2 is 0.595 bits per heavy atom. The summed E-state index contributed by atoms with van der Waals surface area (Å²) in [7, 11) is -2.49. The molecule has 0 saturated carbocycles. The summed E-state index contributed by atoms with van der Waals surface area (Å²) in [6.45, 7) is 14.5. The van der Waals surface area contributed by atoms with Gasteiger partial charge in [-0.1, -0.05) is 180 Å². The average molecular weight is 557 g/mol. The van der Waals surface area contributed by atoms with Crippen molar-refractivity contribution in [1.29, 1.82) is 0 Å². The second-order valence-electron chi connectivity index (χ2n) is 13.1. The molecule has 2 nitrogen and oxygen atoms in total. The van der Waals surface area contributed by atoms with Gasteiger partial charge in [-0.25, -0.2) is 0 Å². The Hall–Kier alpha value is 0.354. The molecule has 0 unspecified atom stereocenters. The molecular weight excluding hydrogens is 485 g/mol. The number of hydrogen-bond donors (Lipinski definition) is 2. The minimum atomic E-state index is -1.25. The lowest BCUT2D eigenvalue weighted by Gasteiger charge is -2.37. The lowest BCUT2D eigenvalue weighted by molar-refractivity contribution is 0.0383. The van der Waals surface area contributed by atoms with E-state index in [1.807, 2.05) is 0 Å². The van der Waals surface area contributed by atoms with Gasteiger partial charge in [0.05, 0.1) is 29.4 Å². The fraction of sp³-hybridized carbons (Fsp3) is 1.00. The number of unbranched alkanes of at least 4 members (excludes halogenated alkanes) is 6. The zero-order valence-electron chi connectivity index (χ0n) is 26.8. The third-order valence-corrected chi connectivity index (χ3v) is 21.2. The van der Waals surface area contributed by atoms with Gasteiger partial charge in [-0.2, -0.15) is 0 Å². The molecule has 0 rings (SSSR count). The molecule has 37 heavy (non-hydrogen) atoms. The van der Waals surface area contributed by atoms with Crippen LogP contribution in [-0.4, -0.2) is 39.6 Å². The summed E-state index contributed by atoms with van der Waals surface area (Å²) in [5.41, 5.74) is -0.249. The molecule has 224 valence electrons. The number of rotatable bonds is 28. The molecule has 2 N–H and O–H groups in total. The van der Waals surface area contributed by atoms with E-state index in [1.165, 1.54) is 138 Å². The molecule has 0 aliphatic carbocycles. The largest absolute Gasteiger partial charge is 0.396 e. The minimum absolute atomic E-state index is 0.171. The van der Waals surface area contributed by atoms with Crippen LogP contribution in [-0.2, 0) is 0 Å². The van der Waals surface area contributed by atoms with Gasteiger partial charge in [0.2, 0.25) is 0 Å². The Labute approximate surface area is 237 Å². The van der Waals surface area contributed by atoms with Crippen molar-refractivity contribution in [3.63, 3.8) is 0 Å². The molecule has 0 bridgehead atoms. The summed E-state index contributed by atoms with van der Waals surface area (Å²) in [5, 5.41) is 21.1. The van der Waals surface area contributed by atoms with Crippen molar-refractivity contribution in [3.8, 4) is 0 Å². The Balaban J connectivity index is 5.35. The summed E-state index contributed by atoms with van der Waals surface area (Å²) in [4.78, 5) is 0. The number of hydrogen-bond acceptors (Lipinski definition) is 2. The highest BCUT2D eigenvalue weighted by Gasteiger charge is 2.35. The van der Waals surface area contributed by atoms with Gasteiger partial charge in [0.1, 0.15) is 0 Å². The quantitative estimate of drug-likeness (QED) is 0.0940. The predicted octanol–water partition coefficient (Wildman–Crippen LogP) is 11.2. The molecule has 0 saturated heterocycles. The van der Waals surface area contributed by atoms with E-state index in [4.69, 9.17) is 0 Å². The maximum Gasteiger partial charge on any atom is 0.0535 e. The van der Waals surface area contributed by atoms with Gasteiger partial charge in [0.25, 0.3) is 0 Å². The zero-order valence-corrected chi connectivity index (χ0v) is 28.8. The van der Waals surface area contributed by atoms with Crippen LogP contribution in [0.1, 0.15) is 144 Å². The standard InChI is InChI=1S/C33H72O2Si2/c1-7-13-23-36(24-14-8-2,25-15-9-3)29-19-21-33(31-34,32-35)22-20-30-37(26-16-10-4,27-17-11-5)28-18-12-6/h34-35H,7-32H2,1-6H3. The second-order valence-corrected chi connectivity index (χ2v) is 23.1. The summed E-state index contributed by atoms with van der Waals surface area (Å²) >= 11 is 0. The molecule has 0 radical (unpaired) electrons. The van der Waals surface area contributed by atoms with E-state index in [1.54, 1.807) is 0 Å². The van der Waals surface area contributed by atoms with Crippen LogP contribution >= 0.6 is 0 Å². The van der Waals surface area contributed by atoms with Crippen LogP contribution in [0.5, 0.6) is 0 Å². The molecule has 0 aliphatic rings. The Kier molecular flexibility index (Phi) is 23.3. The van der Waals surface area contributed by atoms with Gasteiger partial charge in [-0.15, -0.1) is 0 Å². The Morgan fingerprint density at radius 1 is 0.378 bits per heavy atom. The van der Waals surface area contributed by atoms with Crippen LogP contribution in [0.3, 0.4) is 0 Å². The van der Waals surface area contributed by atoms with Crippen LogP contribution in [0.15, 0.2) is 0 Å². The molecule has 0 aliphatic heterocycles. The van der Waals surface area contributed by atoms with Crippen LogP contribution in [0.2, 0.25) is 48.4 Å². The topological polar surface area (TPSA) is 40.5 Å². The van der Waals surface area contributed by atoms with Gasteiger partial charge in [0, 0.05) is 5.41 Å². The zero-order chi connectivity index (χ0) is 27.9. The number of aliphatic hydroxyl groups excluding tert-OH is 2. The van der Waals surface area contributed by atoms with E-state index in [0.717, 1.165) is 12.8 Å². The Morgan fingerprint density at radius 3 is 0.784 bits per heavy atom. The van der Waals surface area contributed by atoms with Crippen molar-refractivity contribution in [2.24, 2.45) is 5.41 Å². The van der Waals surface area contributed by atoms with Crippen molar-refractivity contribution in [2.75, 3.05) is 13.2 Å². The van der Waals surface area contributed by atoms with E-state index >= 15 is 0 Å². The molecule has 0 atom stereocenters. The molecule has 0 heterocycles. The third-order valence-electron chi connectivity index (χ3n) is 9.86. The van der Waals surface area contributed by atoms with Crippen molar-refractivity contribution < 1.29 is 10.2 Å². The highest BCUT2D eigenvalue weighted by molar-refractivity contribution is 6.80. The molecule has 0 amide bonds. The lowest BCUT2D eigenvalue weighted by Crippen LogP contribution is -2.37. The normalized spacial score (nSPS) is 13.0. The fourth-order valence-electron chi connectivity index (χ4n) is 6.98. The monoisotopic (exact) mass is 557 g/mol. The van der Waals surface area contributed by atoms with Gasteiger partial charge >= 0.3 is 0 Å². The molecule has 0 spiro atoms. The first kappa shape index (κ1) is 37.4. The Bertz CT molecular complexity index is 409. The smallest absolute Gasteiger partial charge is 0.0535 e. The lowest BCUT2D eigenvalue weighted by atomic mass is 9.81. The van der Waals surface area contributed by atoms with E-state index < -0.39 is 16.1 Å². The van der Waals surface area contributed by atoms with E-state index in [0.29, 0.717) is 0 Å². The summed E-state index contributed by atoms with van der Waals surface area (Å²) in [6, 6.07) is 11.9.